The highest BCUT2D eigenvalue weighted by Crippen LogP contribution is 2.33. The van der Waals surface area contributed by atoms with E-state index in [-0.39, 0.29) is 0 Å². The summed E-state index contributed by atoms with van der Waals surface area (Å²) in [6.45, 7) is 4.29. The quantitative estimate of drug-likeness (QED) is 0.729. The highest BCUT2D eigenvalue weighted by Gasteiger charge is 2.08. The van der Waals surface area contributed by atoms with Crippen LogP contribution >= 0.6 is 24.0 Å². The second-order valence-electron chi connectivity index (χ2n) is 3.72. The third-order valence-corrected chi connectivity index (χ3v) is 3.86. The molecule has 0 fully saturated rings. The second-order valence-corrected chi connectivity index (χ2v) is 5.12. The smallest absolute Gasteiger partial charge is 0.0168 e. The van der Waals surface area contributed by atoms with Gasteiger partial charge in [-0.2, -0.15) is 12.6 Å². The summed E-state index contributed by atoms with van der Waals surface area (Å²) in [4.78, 5) is 1.38. The first-order valence-electron chi connectivity index (χ1n) is 4.97. The molecule has 0 bridgehead atoms. The van der Waals surface area contributed by atoms with Gasteiger partial charge in [-0.05, 0) is 35.9 Å². The summed E-state index contributed by atoms with van der Waals surface area (Å²) in [6.07, 6.45) is 0. The van der Waals surface area contributed by atoms with E-state index in [1.54, 1.807) is 11.3 Å². The molecule has 0 N–H and O–H groups in total. The van der Waals surface area contributed by atoms with Crippen LogP contribution in [-0.2, 0) is 5.75 Å². The van der Waals surface area contributed by atoms with Crippen molar-refractivity contribution in [3.8, 4) is 11.1 Å². The van der Waals surface area contributed by atoms with E-state index < -0.39 is 0 Å². The Hall–Kier alpha value is -0.730. The summed E-state index contributed by atoms with van der Waals surface area (Å²) in [5, 5.41) is 2.21. The van der Waals surface area contributed by atoms with Crippen LogP contribution < -0.4 is 0 Å². The van der Waals surface area contributed by atoms with Crippen molar-refractivity contribution in [2.75, 3.05) is 0 Å². The Morgan fingerprint density at radius 3 is 2.40 bits per heavy atom. The van der Waals surface area contributed by atoms with E-state index in [4.69, 9.17) is 0 Å². The van der Waals surface area contributed by atoms with Crippen LogP contribution in [0.5, 0.6) is 0 Å². The van der Waals surface area contributed by atoms with Crippen molar-refractivity contribution in [3.63, 3.8) is 0 Å². The molecule has 0 nitrogen and oxygen atoms in total. The minimum Gasteiger partial charge on any atom is -0.174 e. The van der Waals surface area contributed by atoms with Crippen molar-refractivity contribution < 1.29 is 0 Å². The van der Waals surface area contributed by atoms with Crippen LogP contribution in [0.2, 0.25) is 0 Å². The van der Waals surface area contributed by atoms with Gasteiger partial charge in [-0.3, -0.25) is 0 Å². The van der Waals surface area contributed by atoms with Crippen LogP contribution in [0.25, 0.3) is 11.1 Å². The maximum atomic E-state index is 4.37. The predicted octanol–water partition coefficient (Wildman–Crippen LogP) is 4.46. The van der Waals surface area contributed by atoms with Gasteiger partial charge in [-0.15, -0.1) is 11.3 Å². The van der Waals surface area contributed by atoms with Gasteiger partial charge in [0, 0.05) is 10.6 Å². The van der Waals surface area contributed by atoms with E-state index in [9.17, 15) is 0 Å². The molecule has 0 atom stereocenters. The first-order valence-corrected chi connectivity index (χ1v) is 6.48. The van der Waals surface area contributed by atoms with Gasteiger partial charge in [0.05, 0.1) is 0 Å². The van der Waals surface area contributed by atoms with Gasteiger partial charge in [0.15, 0.2) is 0 Å². The Morgan fingerprint density at radius 2 is 1.80 bits per heavy atom. The molecule has 0 aliphatic carbocycles. The summed E-state index contributed by atoms with van der Waals surface area (Å²) in [5.41, 5.74) is 5.32. The Kier molecular flexibility index (Phi) is 3.17. The summed E-state index contributed by atoms with van der Waals surface area (Å²) in [7, 11) is 0. The van der Waals surface area contributed by atoms with Crippen LogP contribution in [0.4, 0.5) is 0 Å². The van der Waals surface area contributed by atoms with E-state index >= 15 is 0 Å². The van der Waals surface area contributed by atoms with Gasteiger partial charge in [-0.25, -0.2) is 0 Å². The van der Waals surface area contributed by atoms with Crippen molar-refractivity contribution in [2.24, 2.45) is 0 Å². The number of benzene rings is 1. The topological polar surface area (TPSA) is 0 Å². The van der Waals surface area contributed by atoms with Gasteiger partial charge in [0.2, 0.25) is 0 Å². The van der Waals surface area contributed by atoms with Gasteiger partial charge < -0.3 is 0 Å². The predicted molar refractivity (Wildman–Crippen MR) is 71.9 cm³/mol. The van der Waals surface area contributed by atoms with Crippen LogP contribution in [0.3, 0.4) is 0 Å². The Labute approximate surface area is 100 Å². The Morgan fingerprint density at radius 1 is 1.13 bits per heavy atom. The van der Waals surface area contributed by atoms with E-state index in [1.165, 1.54) is 27.1 Å². The molecule has 1 heterocycles. The minimum absolute atomic E-state index is 0.813. The molecule has 2 aromatic rings. The lowest BCUT2D eigenvalue weighted by Gasteiger charge is -2.04. The van der Waals surface area contributed by atoms with Gasteiger partial charge in [-0.1, -0.05) is 29.8 Å². The summed E-state index contributed by atoms with van der Waals surface area (Å²) >= 11 is 6.18. The zero-order valence-corrected chi connectivity index (χ0v) is 10.7. The van der Waals surface area contributed by atoms with Crippen molar-refractivity contribution in [2.45, 2.75) is 19.6 Å². The normalized spacial score (nSPS) is 10.6. The lowest BCUT2D eigenvalue weighted by molar-refractivity contribution is 1.42. The Balaban J connectivity index is 2.52. The average Bonchev–Trinajstić information content (AvgIpc) is 2.61. The zero-order chi connectivity index (χ0) is 10.8. The molecular weight excluding hydrogens is 220 g/mol. The lowest BCUT2D eigenvalue weighted by Crippen LogP contribution is -1.83. The molecule has 0 aliphatic heterocycles. The number of rotatable bonds is 2. The van der Waals surface area contributed by atoms with Crippen LogP contribution in [0.1, 0.15) is 16.0 Å². The largest absolute Gasteiger partial charge is 0.174 e. The zero-order valence-electron chi connectivity index (χ0n) is 8.95. The van der Waals surface area contributed by atoms with Crippen molar-refractivity contribution >= 4 is 24.0 Å². The van der Waals surface area contributed by atoms with Gasteiger partial charge in [0.1, 0.15) is 0 Å². The fraction of sp³-hybridized carbons (Fsp3) is 0.231. The number of thiophene rings is 1. The third-order valence-electron chi connectivity index (χ3n) is 2.56. The molecule has 2 rings (SSSR count). The molecule has 0 radical (unpaired) electrons. The highest BCUT2D eigenvalue weighted by atomic mass is 32.1. The SMILES string of the molecule is Cc1ccc(-c2c(CS)csc2C)cc1. The first-order chi connectivity index (χ1) is 7.22. The number of hydrogen-bond acceptors (Lipinski definition) is 2. The first kappa shape index (κ1) is 10.8. The van der Waals surface area contributed by atoms with Crippen LogP contribution in [0.15, 0.2) is 29.6 Å². The number of aryl methyl sites for hydroxylation is 2. The second kappa shape index (κ2) is 4.42. The molecule has 2 heteroatoms. The molecule has 0 aliphatic rings. The fourth-order valence-electron chi connectivity index (χ4n) is 1.73. The molecule has 0 spiro atoms. The van der Waals surface area contributed by atoms with E-state index in [0.29, 0.717) is 0 Å². The van der Waals surface area contributed by atoms with Crippen LogP contribution in [-0.4, -0.2) is 0 Å². The molecule has 0 saturated carbocycles. The maximum Gasteiger partial charge on any atom is 0.0168 e. The monoisotopic (exact) mass is 234 g/mol. The summed E-state index contributed by atoms with van der Waals surface area (Å²) in [5.74, 6) is 0.813. The molecule has 0 unspecified atom stereocenters. The highest BCUT2D eigenvalue weighted by molar-refractivity contribution is 7.79. The standard InChI is InChI=1S/C13H14S2/c1-9-3-5-11(6-4-9)13-10(2)15-8-12(13)7-14/h3-6,8,14H,7H2,1-2H3. The van der Waals surface area contributed by atoms with Gasteiger partial charge >= 0.3 is 0 Å². The fourth-order valence-corrected chi connectivity index (χ4v) is 2.99. The van der Waals surface area contributed by atoms with E-state index in [1.807, 2.05) is 0 Å². The van der Waals surface area contributed by atoms with Crippen molar-refractivity contribution in [1.29, 1.82) is 0 Å². The van der Waals surface area contributed by atoms with Crippen molar-refractivity contribution in [1.82, 2.24) is 0 Å². The Bertz CT molecular complexity index is 452. The van der Waals surface area contributed by atoms with Gasteiger partial charge in [0.25, 0.3) is 0 Å². The minimum atomic E-state index is 0.813. The molecule has 1 aromatic carbocycles. The lowest BCUT2D eigenvalue weighted by atomic mass is 10.0. The number of hydrogen-bond donors (Lipinski definition) is 1. The summed E-state index contributed by atoms with van der Waals surface area (Å²) < 4.78 is 0. The molecule has 0 saturated heterocycles. The van der Waals surface area contributed by atoms with E-state index in [2.05, 4.69) is 56.1 Å². The average molecular weight is 234 g/mol. The molecular formula is C13H14S2. The van der Waals surface area contributed by atoms with E-state index in [0.717, 1.165) is 5.75 Å². The molecule has 0 amide bonds. The maximum absolute atomic E-state index is 4.37. The molecule has 78 valence electrons. The molecule has 1 aromatic heterocycles. The molecule has 15 heavy (non-hydrogen) atoms. The van der Waals surface area contributed by atoms with Crippen LogP contribution in [0, 0.1) is 13.8 Å². The number of thiol groups is 1. The van der Waals surface area contributed by atoms with Crippen molar-refractivity contribution in [3.05, 3.63) is 45.6 Å². The summed E-state index contributed by atoms with van der Waals surface area (Å²) in [6, 6.07) is 8.71. The third kappa shape index (κ3) is 2.11.